The normalized spacial score (nSPS) is 21.4. The first-order valence-corrected chi connectivity index (χ1v) is 6.63. The third-order valence-corrected chi connectivity index (χ3v) is 3.93. The first kappa shape index (κ1) is 12.5. The third kappa shape index (κ3) is 3.06. The number of aliphatic hydroxyl groups excluding tert-OH is 1. The van der Waals surface area contributed by atoms with Gasteiger partial charge in [0.25, 0.3) is 0 Å². The van der Waals surface area contributed by atoms with E-state index in [1.807, 2.05) is 11.4 Å². The average molecular weight is 255 g/mol. The number of likely N-dealkylation sites (tertiary alicyclic amines) is 1. The van der Waals surface area contributed by atoms with Crippen molar-refractivity contribution < 1.29 is 14.6 Å². The van der Waals surface area contributed by atoms with Crippen molar-refractivity contribution in [3.63, 3.8) is 0 Å². The molecular weight excluding hydrogens is 238 g/mol. The highest BCUT2D eigenvalue weighted by molar-refractivity contribution is 7.12. The molecule has 1 N–H and O–H groups in total. The van der Waals surface area contributed by atoms with Gasteiger partial charge in [-0.05, 0) is 36.4 Å². The van der Waals surface area contributed by atoms with Crippen molar-refractivity contribution in [3.8, 4) is 0 Å². The number of hydrogen-bond donors (Lipinski definition) is 1. The molecule has 94 valence electrons. The monoisotopic (exact) mass is 255 g/mol. The zero-order valence-electron chi connectivity index (χ0n) is 9.89. The lowest BCUT2D eigenvalue weighted by atomic mass is 10.1. The fourth-order valence-electron chi connectivity index (χ4n) is 2.15. The zero-order chi connectivity index (χ0) is 12.3. The zero-order valence-corrected chi connectivity index (χ0v) is 10.7. The second-order valence-corrected chi connectivity index (χ2v) is 5.21. The van der Waals surface area contributed by atoms with Crippen molar-refractivity contribution in [2.75, 3.05) is 20.2 Å². The number of methoxy groups -OCH3 is 1. The molecule has 17 heavy (non-hydrogen) atoms. The van der Waals surface area contributed by atoms with E-state index >= 15 is 0 Å². The third-order valence-electron chi connectivity index (χ3n) is 2.99. The van der Waals surface area contributed by atoms with Gasteiger partial charge in [0.05, 0.1) is 13.2 Å². The van der Waals surface area contributed by atoms with Gasteiger partial charge in [0.15, 0.2) is 0 Å². The van der Waals surface area contributed by atoms with Crippen LogP contribution in [-0.4, -0.2) is 42.3 Å². The first-order chi connectivity index (χ1) is 8.20. The van der Waals surface area contributed by atoms with Crippen LogP contribution in [0.2, 0.25) is 0 Å². The fourth-order valence-corrected chi connectivity index (χ4v) is 2.98. The van der Waals surface area contributed by atoms with Crippen molar-refractivity contribution in [3.05, 3.63) is 21.9 Å². The Labute approximate surface area is 105 Å². The molecule has 1 atom stereocenters. The summed E-state index contributed by atoms with van der Waals surface area (Å²) in [5.74, 6) is -0.271. The van der Waals surface area contributed by atoms with Crippen molar-refractivity contribution in [2.24, 2.45) is 0 Å². The van der Waals surface area contributed by atoms with Crippen LogP contribution in [0.25, 0.3) is 0 Å². The standard InChI is InChI=1S/C12H17NO3S/c1-16-12(15)11-9(4-6-17-11)7-13-5-2-3-10(14)8-13/h4,6,10,14H,2-3,5,7-8H2,1H3. The van der Waals surface area contributed by atoms with E-state index in [4.69, 9.17) is 4.74 Å². The molecule has 5 heteroatoms. The molecule has 1 aromatic heterocycles. The van der Waals surface area contributed by atoms with Crippen LogP contribution >= 0.6 is 11.3 Å². The topological polar surface area (TPSA) is 49.8 Å². The largest absolute Gasteiger partial charge is 0.465 e. The van der Waals surface area contributed by atoms with Gasteiger partial charge >= 0.3 is 5.97 Å². The number of β-amino-alcohol motifs (C(OH)–C–C–N with tert-alkyl or cyclic N) is 1. The Hall–Kier alpha value is -0.910. The number of hydrogen-bond acceptors (Lipinski definition) is 5. The molecule has 0 aliphatic carbocycles. The van der Waals surface area contributed by atoms with E-state index in [9.17, 15) is 9.90 Å². The van der Waals surface area contributed by atoms with Gasteiger partial charge in [-0.1, -0.05) is 0 Å². The summed E-state index contributed by atoms with van der Waals surface area (Å²) in [7, 11) is 1.40. The van der Waals surface area contributed by atoms with E-state index in [0.29, 0.717) is 18.0 Å². The van der Waals surface area contributed by atoms with Gasteiger partial charge in [-0.3, -0.25) is 4.90 Å². The lowest BCUT2D eigenvalue weighted by Gasteiger charge is -2.29. The van der Waals surface area contributed by atoms with Crippen molar-refractivity contribution >= 4 is 17.3 Å². The summed E-state index contributed by atoms with van der Waals surface area (Å²) in [4.78, 5) is 14.4. The molecule has 1 aliphatic heterocycles. The van der Waals surface area contributed by atoms with E-state index in [1.165, 1.54) is 18.4 Å². The molecule has 4 nitrogen and oxygen atoms in total. The van der Waals surface area contributed by atoms with Gasteiger partial charge in [-0.15, -0.1) is 11.3 Å². The summed E-state index contributed by atoms with van der Waals surface area (Å²) in [5.41, 5.74) is 0.996. The van der Waals surface area contributed by atoms with E-state index in [-0.39, 0.29) is 12.1 Å². The highest BCUT2D eigenvalue weighted by atomic mass is 32.1. The second-order valence-electron chi connectivity index (χ2n) is 4.30. The van der Waals surface area contributed by atoms with Gasteiger partial charge in [-0.25, -0.2) is 4.79 Å². The molecule has 0 bridgehead atoms. The molecule has 1 aromatic rings. The number of carbonyl (C=O) groups excluding carboxylic acids is 1. The molecule has 0 amide bonds. The Morgan fingerprint density at radius 3 is 3.24 bits per heavy atom. The van der Waals surface area contributed by atoms with E-state index in [2.05, 4.69) is 4.90 Å². The lowest BCUT2D eigenvalue weighted by molar-refractivity contribution is 0.0593. The van der Waals surface area contributed by atoms with Crippen LogP contribution in [0, 0.1) is 0 Å². The Morgan fingerprint density at radius 1 is 1.71 bits per heavy atom. The number of rotatable bonds is 3. The number of carbonyl (C=O) groups is 1. The van der Waals surface area contributed by atoms with Crippen LogP contribution in [0.3, 0.4) is 0 Å². The van der Waals surface area contributed by atoms with E-state index in [0.717, 1.165) is 24.9 Å². The Morgan fingerprint density at radius 2 is 2.53 bits per heavy atom. The number of aliphatic hydroxyl groups is 1. The number of esters is 1. The summed E-state index contributed by atoms with van der Waals surface area (Å²) in [5, 5.41) is 11.5. The van der Waals surface area contributed by atoms with Crippen molar-refractivity contribution in [1.29, 1.82) is 0 Å². The van der Waals surface area contributed by atoms with Gasteiger partial charge in [0.2, 0.25) is 0 Å². The summed E-state index contributed by atoms with van der Waals surface area (Å²) in [6.07, 6.45) is 1.66. The maximum Gasteiger partial charge on any atom is 0.348 e. The van der Waals surface area contributed by atoms with Gasteiger partial charge in [0, 0.05) is 13.1 Å². The second kappa shape index (κ2) is 5.62. The Bertz CT molecular complexity index is 391. The van der Waals surface area contributed by atoms with Crippen LogP contribution in [-0.2, 0) is 11.3 Å². The number of ether oxygens (including phenoxy) is 1. The smallest absolute Gasteiger partial charge is 0.348 e. The highest BCUT2D eigenvalue weighted by Crippen LogP contribution is 2.21. The molecule has 1 fully saturated rings. The van der Waals surface area contributed by atoms with E-state index in [1.54, 1.807) is 0 Å². The molecule has 1 saturated heterocycles. The van der Waals surface area contributed by atoms with Crippen LogP contribution in [0.1, 0.15) is 28.1 Å². The minimum absolute atomic E-state index is 0.232. The highest BCUT2D eigenvalue weighted by Gasteiger charge is 2.20. The molecule has 1 aliphatic rings. The van der Waals surface area contributed by atoms with Gasteiger partial charge in [-0.2, -0.15) is 0 Å². The molecule has 2 rings (SSSR count). The van der Waals surface area contributed by atoms with Crippen LogP contribution in [0.4, 0.5) is 0 Å². The summed E-state index contributed by atoms with van der Waals surface area (Å²) >= 11 is 1.41. The summed E-state index contributed by atoms with van der Waals surface area (Å²) in [6.45, 7) is 2.38. The van der Waals surface area contributed by atoms with Gasteiger partial charge in [0.1, 0.15) is 4.88 Å². The maximum absolute atomic E-state index is 11.5. The molecule has 0 saturated carbocycles. The van der Waals surface area contributed by atoms with Crippen LogP contribution < -0.4 is 0 Å². The first-order valence-electron chi connectivity index (χ1n) is 5.76. The lowest BCUT2D eigenvalue weighted by Crippen LogP contribution is -2.37. The molecule has 0 aromatic carbocycles. The molecule has 1 unspecified atom stereocenters. The number of nitrogens with zero attached hydrogens (tertiary/aromatic N) is 1. The SMILES string of the molecule is COC(=O)c1sccc1CN1CCCC(O)C1. The summed E-state index contributed by atoms with van der Waals surface area (Å²) in [6, 6.07) is 1.96. The van der Waals surface area contributed by atoms with Crippen LogP contribution in [0.15, 0.2) is 11.4 Å². The summed E-state index contributed by atoms with van der Waals surface area (Å²) < 4.78 is 4.75. The molecular formula is C12H17NO3S. The minimum Gasteiger partial charge on any atom is -0.465 e. The number of thiophene rings is 1. The molecule has 0 spiro atoms. The van der Waals surface area contributed by atoms with Crippen LogP contribution in [0.5, 0.6) is 0 Å². The fraction of sp³-hybridized carbons (Fsp3) is 0.583. The predicted octanol–water partition coefficient (Wildman–Crippen LogP) is 1.49. The Kier molecular flexibility index (Phi) is 4.15. The molecule has 2 heterocycles. The van der Waals surface area contributed by atoms with Crippen molar-refractivity contribution in [2.45, 2.75) is 25.5 Å². The Balaban J connectivity index is 2.03. The molecule has 0 radical (unpaired) electrons. The maximum atomic E-state index is 11.5. The van der Waals surface area contributed by atoms with E-state index < -0.39 is 0 Å². The minimum atomic E-state index is -0.271. The predicted molar refractivity (Wildman–Crippen MR) is 66.2 cm³/mol. The average Bonchev–Trinajstić information content (AvgIpc) is 2.76. The quantitative estimate of drug-likeness (QED) is 0.831. The van der Waals surface area contributed by atoms with Crippen molar-refractivity contribution in [1.82, 2.24) is 4.90 Å². The van der Waals surface area contributed by atoms with Gasteiger partial charge < -0.3 is 9.84 Å². The number of piperidine rings is 1.